The Morgan fingerprint density at radius 2 is 2.20 bits per heavy atom. The fraction of sp³-hybridized carbons (Fsp3) is 0.250. The summed E-state index contributed by atoms with van der Waals surface area (Å²) in [6.07, 6.45) is 1.63. The summed E-state index contributed by atoms with van der Waals surface area (Å²) >= 11 is 0. The highest BCUT2D eigenvalue weighted by Crippen LogP contribution is 2.17. The minimum atomic E-state index is -1.00. The minimum absolute atomic E-state index is 0.176. The van der Waals surface area contributed by atoms with Crippen molar-refractivity contribution in [1.82, 2.24) is 29.8 Å². The van der Waals surface area contributed by atoms with Crippen LogP contribution in [-0.2, 0) is 13.1 Å². The van der Waals surface area contributed by atoms with Gasteiger partial charge in [0.25, 0.3) is 0 Å². The molecule has 0 saturated heterocycles. The summed E-state index contributed by atoms with van der Waals surface area (Å²) < 4.78 is 3.41. The van der Waals surface area contributed by atoms with Crippen molar-refractivity contribution in [2.75, 3.05) is 0 Å². The first kappa shape index (κ1) is 12.3. The standard InChI is InChI=1S/C12H12N6O2/c1-2-17-7-13-15-10(17)6-18-11-8(12(19)20)4-3-5-9(11)14-16-18/h3-5,7H,2,6H2,1H3,(H,19,20). The van der Waals surface area contributed by atoms with Crippen molar-refractivity contribution < 1.29 is 9.90 Å². The highest BCUT2D eigenvalue weighted by Gasteiger charge is 2.16. The van der Waals surface area contributed by atoms with E-state index in [2.05, 4.69) is 20.5 Å². The van der Waals surface area contributed by atoms with Gasteiger partial charge in [0.05, 0.1) is 5.56 Å². The number of carboxylic acid groups (broad SMARTS) is 1. The average molecular weight is 272 g/mol. The van der Waals surface area contributed by atoms with Crippen LogP contribution in [0.25, 0.3) is 11.0 Å². The van der Waals surface area contributed by atoms with Crippen LogP contribution in [0.3, 0.4) is 0 Å². The maximum absolute atomic E-state index is 11.3. The van der Waals surface area contributed by atoms with Gasteiger partial charge in [-0.1, -0.05) is 11.3 Å². The van der Waals surface area contributed by atoms with Crippen molar-refractivity contribution in [3.63, 3.8) is 0 Å². The van der Waals surface area contributed by atoms with Crippen LogP contribution in [0.5, 0.6) is 0 Å². The van der Waals surface area contributed by atoms with Gasteiger partial charge in [-0.15, -0.1) is 15.3 Å². The molecule has 3 aromatic rings. The summed E-state index contributed by atoms with van der Waals surface area (Å²) in [6, 6.07) is 4.92. The van der Waals surface area contributed by atoms with E-state index in [0.29, 0.717) is 23.4 Å². The lowest BCUT2D eigenvalue weighted by molar-refractivity contribution is 0.0698. The Hall–Kier alpha value is -2.77. The van der Waals surface area contributed by atoms with E-state index < -0.39 is 5.97 Å². The van der Waals surface area contributed by atoms with E-state index in [4.69, 9.17) is 0 Å². The number of rotatable bonds is 4. The third-order valence-electron chi connectivity index (χ3n) is 3.09. The van der Waals surface area contributed by atoms with Gasteiger partial charge in [0.1, 0.15) is 23.9 Å². The van der Waals surface area contributed by atoms with Gasteiger partial charge in [-0.05, 0) is 19.1 Å². The summed E-state index contributed by atoms with van der Waals surface area (Å²) in [6.45, 7) is 3.05. The summed E-state index contributed by atoms with van der Waals surface area (Å²) in [7, 11) is 0. The Labute approximate surface area is 113 Å². The molecule has 102 valence electrons. The molecule has 0 bridgehead atoms. The lowest BCUT2D eigenvalue weighted by atomic mass is 10.2. The van der Waals surface area contributed by atoms with E-state index in [1.165, 1.54) is 10.7 Å². The van der Waals surface area contributed by atoms with Crippen LogP contribution in [0.2, 0.25) is 0 Å². The van der Waals surface area contributed by atoms with E-state index in [0.717, 1.165) is 6.54 Å². The van der Waals surface area contributed by atoms with Crippen LogP contribution in [0.15, 0.2) is 24.5 Å². The zero-order valence-electron chi connectivity index (χ0n) is 10.8. The molecule has 2 heterocycles. The van der Waals surface area contributed by atoms with Crippen LogP contribution in [0, 0.1) is 0 Å². The Morgan fingerprint density at radius 1 is 1.35 bits per heavy atom. The number of hydrogen-bond donors (Lipinski definition) is 1. The molecule has 0 radical (unpaired) electrons. The monoisotopic (exact) mass is 272 g/mol. The highest BCUT2D eigenvalue weighted by atomic mass is 16.4. The quantitative estimate of drug-likeness (QED) is 0.753. The van der Waals surface area contributed by atoms with Gasteiger partial charge in [-0.2, -0.15) is 0 Å². The molecule has 0 aliphatic rings. The number of carbonyl (C=O) groups is 1. The number of nitrogens with zero attached hydrogens (tertiary/aromatic N) is 6. The fourth-order valence-electron chi connectivity index (χ4n) is 2.11. The van der Waals surface area contributed by atoms with E-state index in [9.17, 15) is 9.90 Å². The van der Waals surface area contributed by atoms with E-state index in [1.807, 2.05) is 11.5 Å². The molecule has 1 N–H and O–H groups in total. The number of aromatic carboxylic acids is 1. The van der Waals surface area contributed by atoms with Crippen molar-refractivity contribution in [3.05, 3.63) is 35.9 Å². The zero-order chi connectivity index (χ0) is 14.1. The van der Waals surface area contributed by atoms with E-state index in [1.54, 1.807) is 18.5 Å². The summed E-state index contributed by atoms with van der Waals surface area (Å²) in [4.78, 5) is 11.3. The van der Waals surface area contributed by atoms with E-state index >= 15 is 0 Å². The molecular weight excluding hydrogens is 260 g/mol. The van der Waals surface area contributed by atoms with Crippen molar-refractivity contribution >= 4 is 17.0 Å². The maximum atomic E-state index is 11.3. The SMILES string of the molecule is CCn1cnnc1Cn1nnc2cccc(C(=O)O)c21. The Kier molecular flexibility index (Phi) is 2.90. The van der Waals surface area contributed by atoms with Gasteiger partial charge >= 0.3 is 5.97 Å². The molecule has 0 aliphatic carbocycles. The third kappa shape index (κ3) is 1.91. The van der Waals surface area contributed by atoms with Gasteiger partial charge in [-0.3, -0.25) is 0 Å². The first-order chi connectivity index (χ1) is 9.70. The molecule has 0 unspecified atom stereocenters. The number of benzene rings is 1. The summed E-state index contributed by atoms with van der Waals surface area (Å²) in [5, 5.41) is 25.1. The molecule has 2 aromatic heterocycles. The lowest BCUT2D eigenvalue weighted by Crippen LogP contribution is -2.10. The van der Waals surface area contributed by atoms with Crippen LogP contribution in [0.4, 0.5) is 0 Å². The van der Waals surface area contributed by atoms with Crippen LogP contribution < -0.4 is 0 Å². The molecule has 0 saturated carbocycles. The molecule has 20 heavy (non-hydrogen) atoms. The van der Waals surface area contributed by atoms with E-state index in [-0.39, 0.29) is 5.56 Å². The van der Waals surface area contributed by atoms with Crippen molar-refractivity contribution in [1.29, 1.82) is 0 Å². The topological polar surface area (TPSA) is 98.7 Å². The second-order valence-electron chi connectivity index (χ2n) is 4.26. The second-order valence-corrected chi connectivity index (χ2v) is 4.26. The number of para-hydroxylation sites is 1. The van der Waals surface area contributed by atoms with Gasteiger partial charge < -0.3 is 9.67 Å². The van der Waals surface area contributed by atoms with Crippen molar-refractivity contribution in [2.45, 2.75) is 20.0 Å². The third-order valence-corrected chi connectivity index (χ3v) is 3.09. The second kappa shape index (κ2) is 4.72. The Balaban J connectivity index is 2.10. The molecule has 1 aromatic carbocycles. The molecule has 3 rings (SSSR count). The highest BCUT2D eigenvalue weighted by molar-refractivity contribution is 6.00. The molecule has 8 nitrogen and oxygen atoms in total. The molecule has 8 heteroatoms. The van der Waals surface area contributed by atoms with Crippen LogP contribution in [0.1, 0.15) is 23.1 Å². The predicted octanol–water partition coefficient (Wildman–Crippen LogP) is 0.789. The predicted molar refractivity (Wildman–Crippen MR) is 69.3 cm³/mol. The lowest BCUT2D eigenvalue weighted by Gasteiger charge is -2.05. The normalized spacial score (nSPS) is 11.1. The first-order valence-corrected chi connectivity index (χ1v) is 6.13. The molecule has 0 fully saturated rings. The molecule has 0 aliphatic heterocycles. The average Bonchev–Trinajstić information content (AvgIpc) is 3.06. The summed E-state index contributed by atoms with van der Waals surface area (Å²) in [5.74, 6) is -0.296. The van der Waals surface area contributed by atoms with Crippen LogP contribution in [-0.4, -0.2) is 40.8 Å². The molecular formula is C12H12N6O2. The number of fused-ring (bicyclic) bond motifs is 1. The van der Waals surface area contributed by atoms with Crippen molar-refractivity contribution in [2.24, 2.45) is 0 Å². The maximum Gasteiger partial charge on any atom is 0.337 e. The smallest absolute Gasteiger partial charge is 0.337 e. The molecule has 0 amide bonds. The minimum Gasteiger partial charge on any atom is -0.478 e. The number of aromatic nitrogens is 6. The zero-order valence-corrected chi connectivity index (χ0v) is 10.8. The first-order valence-electron chi connectivity index (χ1n) is 6.13. The number of carboxylic acids is 1. The molecule has 0 spiro atoms. The van der Waals surface area contributed by atoms with Gasteiger partial charge in [0, 0.05) is 6.54 Å². The molecule has 0 atom stereocenters. The largest absolute Gasteiger partial charge is 0.478 e. The van der Waals surface area contributed by atoms with Gasteiger partial charge in [-0.25, -0.2) is 9.48 Å². The van der Waals surface area contributed by atoms with Crippen molar-refractivity contribution in [3.8, 4) is 0 Å². The van der Waals surface area contributed by atoms with Crippen LogP contribution >= 0.6 is 0 Å². The van der Waals surface area contributed by atoms with Gasteiger partial charge in [0.2, 0.25) is 0 Å². The Bertz CT molecular complexity index is 775. The Morgan fingerprint density at radius 3 is 2.95 bits per heavy atom. The number of hydrogen-bond acceptors (Lipinski definition) is 5. The van der Waals surface area contributed by atoms with Gasteiger partial charge in [0.15, 0.2) is 5.82 Å². The number of aryl methyl sites for hydroxylation is 1. The fourth-order valence-corrected chi connectivity index (χ4v) is 2.11. The summed E-state index contributed by atoms with van der Waals surface area (Å²) in [5.41, 5.74) is 1.22.